The Morgan fingerprint density at radius 1 is 0.833 bits per heavy atom. The van der Waals surface area contributed by atoms with Crippen molar-refractivity contribution in [1.82, 2.24) is 4.98 Å². The van der Waals surface area contributed by atoms with Crippen LogP contribution in [0.25, 0.3) is 32.5 Å². The highest BCUT2D eigenvalue weighted by atomic mass is 32.1. The van der Waals surface area contributed by atoms with Crippen LogP contribution in [0, 0.1) is 6.92 Å². The van der Waals surface area contributed by atoms with Crippen molar-refractivity contribution < 1.29 is 14.4 Å². The number of urea groups is 1. The Hall–Kier alpha value is -4.62. The number of benzene rings is 3. The second-order valence-corrected chi connectivity index (χ2v) is 11.2. The summed E-state index contributed by atoms with van der Waals surface area (Å²) in [6, 6.07) is 23.1. The van der Waals surface area contributed by atoms with E-state index in [-0.39, 0.29) is 30.4 Å². The second-order valence-electron chi connectivity index (χ2n) is 10.3. The molecular formula is C35H33N3O3S. The first-order valence-corrected chi connectivity index (χ1v) is 15.0. The number of nitrogens with one attached hydrogen (secondary N) is 2. The van der Waals surface area contributed by atoms with E-state index in [1.54, 1.807) is 18.3 Å². The standard InChI is InChI=1S/C35H33N3O3S/c1-4-24-20-36-33(26-13-15-27(16-14-26)37-35(41)38-28-8-6-7-22(3)17-28)34-32(24)31(21-42-34)25-11-9-23(10-12-25)18-30(40)19-29(39)5-2/h6-17,20-21H,4-5,18-19H2,1-3H3,(H2,37,38,41). The molecule has 0 atom stereocenters. The van der Waals surface area contributed by atoms with Crippen molar-refractivity contribution in [3.8, 4) is 22.4 Å². The number of aromatic nitrogens is 1. The molecule has 5 rings (SSSR count). The van der Waals surface area contributed by atoms with Crippen molar-refractivity contribution in [2.75, 3.05) is 10.6 Å². The number of amides is 2. The van der Waals surface area contributed by atoms with Gasteiger partial charge in [-0.3, -0.25) is 14.6 Å². The lowest BCUT2D eigenvalue weighted by Crippen LogP contribution is -2.19. The summed E-state index contributed by atoms with van der Waals surface area (Å²) in [5.74, 6) is -0.0694. The highest BCUT2D eigenvalue weighted by Gasteiger charge is 2.17. The summed E-state index contributed by atoms with van der Waals surface area (Å²) in [5, 5.41) is 9.11. The first-order chi connectivity index (χ1) is 20.3. The topological polar surface area (TPSA) is 88.2 Å². The molecule has 0 radical (unpaired) electrons. The van der Waals surface area contributed by atoms with E-state index >= 15 is 0 Å². The van der Waals surface area contributed by atoms with Crippen molar-refractivity contribution in [2.45, 2.75) is 46.5 Å². The molecule has 6 nitrogen and oxygen atoms in total. The van der Waals surface area contributed by atoms with Gasteiger partial charge in [0.15, 0.2) is 0 Å². The number of ketones is 2. The predicted octanol–water partition coefficient (Wildman–Crippen LogP) is 8.63. The van der Waals surface area contributed by atoms with E-state index in [0.29, 0.717) is 12.1 Å². The van der Waals surface area contributed by atoms with Crippen LogP contribution in [-0.4, -0.2) is 22.6 Å². The zero-order chi connectivity index (χ0) is 29.6. The number of hydrogen-bond acceptors (Lipinski definition) is 5. The fourth-order valence-corrected chi connectivity index (χ4v) is 6.10. The smallest absolute Gasteiger partial charge is 0.308 e. The van der Waals surface area contributed by atoms with Gasteiger partial charge in [0.2, 0.25) is 0 Å². The Morgan fingerprint density at radius 2 is 1.55 bits per heavy atom. The SMILES string of the molecule is CCC(=O)CC(=O)Cc1ccc(-c2csc3c(-c4ccc(NC(=O)Nc5cccc(C)c5)cc4)ncc(CC)c23)cc1. The van der Waals surface area contributed by atoms with Crippen LogP contribution < -0.4 is 10.6 Å². The minimum absolute atomic E-state index is 0.000697. The molecule has 0 saturated heterocycles. The zero-order valence-corrected chi connectivity index (χ0v) is 24.8. The number of Topliss-reactive ketones (excluding diaryl/α,β-unsaturated/α-hetero) is 2. The van der Waals surface area contributed by atoms with E-state index in [9.17, 15) is 14.4 Å². The first kappa shape index (κ1) is 28.9. The lowest BCUT2D eigenvalue weighted by molar-refractivity contribution is -0.126. The van der Waals surface area contributed by atoms with Crippen LogP contribution in [0.3, 0.4) is 0 Å². The largest absolute Gasteiger partial charge is 0.323 e. The van der Waals surface area contributed by atoms with Crippen LogP contribution in [0.4, 0.5) is 16.2 Å². The van der Waals surface area contributed by atoms with E-state index in [1.165, 1.54) is 10.9 Å². The zero-order valence-electron chi connectivity index (χ0n) is 24.0. The average molecular weight is 576 g/mol. The second kappa shape index (κ2) is 12.9. The van der Waals surface area contributed by atoms with Gasteiger partial charge in [-0.2, -0.15) is 0 Å². The molecule has 212 valence electrons. The van der Waals surface area contributed by atoms with Crippen LogP contribution in [0.15, 0.2) is 84.4 Å². The van der Waals surface area contributed by atoms with Crippen molar-refractivity contribution >= 4 is 50.4 Å². The van der Waals surface area contributed by atoms with E-state index in [4.69, 9.17) is 4.98 Å². The molecule has 42 heavy (non-hydrogen) atoms. The number of hydrogen-bond donors (Lipinski definition) is 2. The van der Waals surface area contributed by atoms with Gasteiger partial charge in [-0.1, -0.05) is 62.4 Å². The molecule has 0 bridgehead atoms. The molecule has 0 aliphatic carbocycles. The average Bonchev–Trinajstić information content (AvgIpc) is 3.43. The van der Waals surface area contributed by atoms with Gasteiger partial charge in [-0.25, -0.2) is 4.79 Å². The van der Waals surface area contributed by atoms with Gasteiger partial charge in [0, 0.05) is 46.9 Å². The third-order valence-corrected chi connectivity index (χ3v) is 8.19. The maximum absolute atomic E-state index is 12.5. The van der Waals surface area contributed by atoms with Crippen LogP contribution in [0.1, 0.15) is 43.4 Å². The van der Waals surface area contributed by atoms with Crippen LogP contribution in [-0.2, 0) is 22.4 Å². The van der Waals surface area contributed by atoms with Gasteiger partial charge in [0.25, 0.3) is 0 Å². The summed E-state index contributed by atoms with van der Waals surface area (Å²) < 4.78 is 1.11. The number of rotatable bonds is 10. The molecule has 0 aliphatic heterocycles. The number of thiophene rings is 1. The van der Waals surface area contributed by atoms with Gasteiger partial charge >= 0.3 is 6.03 Å². The molecule has 0 aliphatic rings. The Morgan fingerprint density at radius 3 is 2.24 bits per heavy atom. The highest BCUT2D eigenvalue weighted by molar-refractivity contribution is 7.18. The maximum Gasteiger partial charge on any atom is 0.323 e. The molecule has 5 aromatic rings. The van der Waals surface area contributed by atoms with Crippen molar-refractivity contribution in [3.05, 3.63) is 101 Å². The predicted molar refractivity (Wildman–Crippen MR) is 172 cm³/mol. The summed E-state index contributed by atoms with van der Waals surface area (Å²) in [7, 11) is 0. The molecule has 0 saturated carbocycles. The highest BCUT2D eigenvalue weighted by Crippen LogP contribution is 2.41. The number of aryl methyl sites for hydroxylation is 2. The normalized spacial score (nSPS) is 10.9. The minimum Gasteiger partial charge on any atom is -0.308 e. The Balaban J connectivity index is 1.36. The third-order valence-electron chi connectivity index (χ3n) is 7.20. The van der Waals surface area contributed by atoms with Crippen LogP contribution in [0.5, 0.6) is 0 Å². The van der Waals surface area contributed by atoms with Gasteiger partial charge in [-0.05, 0) is 65.2 Å². The van der Waals surface area contributed by atoms with Crippen LogP contribution >= 0.6 is 11.3 Å². The van der Waals surface area contributed by atoms with E-state index in [0.717, 1.165) is 50.3 Å². The molecular weight excluding hydrogens is 542 g/mol. The molecule has 0 unspecified atom stereocenters. The number of pyridine rings is 1. The fourth-order valence-electron chi connectivity index (χ4n) is 4.97. The van der Waals surface area contributed by atoms with Crippen molar-refractivity contribution in [3.63, 3.8) is 0 Å². The van der Waals surface area contributed by atoms with E-state index in [1.807, 2.05) is 85.9 Å². The number of carbonyl (C=O) groups is 3. The minimum atomic E-state index is -0.297. The van der Waals surface area contributed by atoms with Gasteiger partial charge < -0.3 is 10.6 Å². The van der Waals surface area contributed by atoms with Gasteiger partial charge in [0.05, 0.1) is 16.8 Å². The van der Waals surface area contributed by atoms with E-state index < -0.39 is 0 Å². The summed E-state index contributed by atoms with van der Waals surface area (Å²) in [6.07, 6.45) is 3.46. The lowest BCUT2D eigenvalue weighted by Gasteiger charge is -2.11. The molecule has 2 heterocycles. The molecule has 2 N–H and O–H groups in total. The number of fused-ring (bicyclic) bond motifs is 1. The summed E-state index contributed by atoms with van der Waals surface area (Å²) in [4.78, 5) is 41.2. The Bertz CT molecular complexity index is 1760. The molecule has 7 heteroatoms. The maximum atomic E-state index is 12.5. The Labute approximate surface area is 249 Å². The molecule has 0 spiro atoms. The molecule has 2 amide bonds. The molecule has 2 aromatic heterocycles. The summed E-state index contributed by atoms with van der Waals surface area (Å²) in [5.41, 5.74) is 8.68. The van der Waals surface area contributed by atoms with Gasteiger partial charge in [-0.15, -0.1) is 11.3 Å². The quantitative estimate of drug-likeness (QED) is 0.163. The number of nitrogens with zero attached hydrogens (tertiary/aromatic N) is 1. The number of anilines is 2. The molecule has 0 fully saturated rings. The Kier molecular flexibility index (Phi) is 8.88. The number of carbonyl (C=O) groups excluding carboxylic acids is 3. The summed E-state index contributed by atoms with van der Waals surface area (Å²) >= 11 is 1.67. The summed E-state index contributed by atoms with van der Waals surface area (Å²) in [6.45, 7) is 5.89. The van der Waals surface area contributed by atoms with Crippen molar-refractivity contribution in [1.29, 1.82) is 0 Å². The molecule has 3 aromatic carbocycles. The first-order valence-electron chi connectivity index (χ1n) is 14.1. The van der Waals surface area contributed by atoms with Gasteiger partial charge in [0.1, 0.15) is 11.6 Å². The fraction of sp³-hybridized carbons (Fsp3) is 0.200. The lowest BCUT2D eigenvalue weighted by atomic mass is 9.97. The van der Waals surface area contributed by atoms with Crippen molar-refractivity contribution in [2.24, 2.45) is 0 Å². The van der Waals surface area contributed by atoms with Crippen LogP contribution in [0.2, 0.25) is 0 Å². The van der Waals surface area contributed by atoms with E-state index in [2.05, 4.69) is 22.9 Å². The monoisotopic (exact) mass is 575 g/mol. The third kappa shape index (κ3) is 6.64.